The Labute approximate surface area is 72.3 Å². The highest BCUT2D eigenvalue weighted by molar-refractivity contribution is 5.98. The predicted molar refractivity (Wildman–Crippen MR) is 40.3 cm³/mol. The highest BCUT2D eigenvalue weighted by Crippen LogP contribution is 2.15. The Kier molecular flexibility index (Phi) is 2.55. The quantitative estimate of drug-likeness (QED) is 0.410. The minimum absolute atomic E-state index is 0.241. The molecule has 13 heavy (non-hydrogen) atoms. The van der Waals surface area contributed by atoms with E-state index < -0.39 is 23.0 Å². The number of oxime groups is 1. The van der Waals surface area contributed by atoms with Gasteiger partial charge in [-0.1, -0.05) is 5.16 Å². The molecule has 0 spiro atoms. The van der Waals surface area contributed by atoms with E-state index in [4.69, 9.17) is 5.21 Å². The number of hydrogen-bond donors (Lipinski definition) is 1. The van der Waals surface area contributed by atoms with Crippen LogP contribution in [0.1, 0.15) is 12.5 Å². The molecule has 70 valence electrons. The second-order valence-electron chi connectivity index (χ2n) is 2.43. The maximum Gasteiger partial charge on any atom is 0.138 e. The zero-order valence-electron chi connectivity index (χ0n) is 6.68. The first-order valence-corrected chi connectivity index (χ1v) is 3.40. The van der Waals surface area contributed by atoms with Crippen molar-refractivity contribution < 1.29 is 18.4 Å². The molecule has 0 bridgehead atoms. The lowest BCUT2D eigenvalue weighted by molar-refractivity contribution is 0.318. The van der Waals surface area contributed by atoms with E-state index in [1.54, 1.807) is 0 Å². The van der Waals surface area contributed by atoms with Gasteiger partial charge in [0, 0.05) is 12.1 Å². The van der Waals surface area contributed by atoms with Gasteiger partial charge in [0.25, 0.3) is 0 Å². The van der Waals surface area contributed by atoms with Gasteiger partial charge in [0.05, 0.1) is 11.3 Å². The number of hydrogen-bond acceptors (Lipinski definition) is 2. The van der Waals surface area contributed by atoms with Gasteiger partial charge < -0.3 is 5.21 Å². The largest absolute Gasteiger partial charge is 0.411 e. The fourth-order valence-electron chi connectivity index (χ4n) is 0.938. The molecule has 0 aliphatic rings. The van der Waals surface area contributed by atoms with Crippen molar-refractivity contribution in [2.24, 2.45) is 5.16 Å². The Morgan fingerprint density at radius 2 is 1.69 bits per heavy atom. The summed E-state index contributed by atoms with van der Waals surface area (Å²) < 4.78 is 38.1. The molecule has 0 atom stereocenters. The van der Waals surface area contributed by atoms with Crippen LogP contribution >= 0.6 is 0 Å². The fourth-order valence-corrected chi connectivity index (χ4v) is 0.938. The van der Waals surface area contributed by atoms with Crippen LogP contribution in [0.15, 0.2) is 17.3 Å². The maximum absolute atomic E-state index is 12.9. The van der Waals surface area contributed by atoms with Gasteiger partial charge in [-0.15, -0.1) is 0 Å². The van der Waals surface area contributed by atoms with Gasteiger partial charge in [-0.05, 0) is 6.92 Å². The molecule has 0 aromatic heterocycles. The standard InChI is InChI=1S/C8H6F3NO/c1-4(12-13)8-6(10)2-5(9)3-7(8)11/h2-3,13H,1H3/b12-4+. The number of benzene rings is 1. The molecule has 0 aliphatic carbocycles. The molecule has 1 rings (SSSR count). The lowest BCUT2D eigenvalue weighted by atomic mass is 10.1. The highest BCUT2D eigenvalue weighted by atomic mass is 19.1. The van der Waals surface area contributed by atoms with E-state index in [1.165, 1.54) is 6.92 Å². The van der Waals surface area contributed by atoms with Gasteiger partial charge in [0.1, 0.15) is 17.5 Å². The molecule has 0 unspecified atom stereocenters. The van der Waals surface area contributed by atoms with Gasteiger partial charge >= 0.3 is 0 Å². The van der Waals surface area contributed by atoms with Crippen LogP contribution in [0.25, 0.3) is 0 Å². The van der Waals surface area contributed by atoms with Crippen LogP contribution in [-0.2, 0) is 0 Å². The van der Waals surface area contributed by atoms with E-state index in [0.29, 0.717) is 12.1 Å². The molecule has 2 nitrogen and oxygen atoms in total. The number of nitrogens with zero attached hydrogens (tertiary/aromatic N) is 1. The van der Waals surface area contributed by atoms with Crippen LogP contribution < -0.4 is 0 Å². The third-order valence-electron chi connectivity index (χ3n) is 1.52. The summed E-state index contributed by atoms with van der Waals surface area (Å²) in [6.07, 6.45) is 0. The molecule has 0 radical (unpaired) electrons. The average Bonchev–Trinajstić information content (AvgIpc) is 2.02. The zero-order chi connectivity index (χ0) is 10.0. The molecule has 1 aromatic rings. The van der Waals surface area contributed by atoms with E-state index >= 15 is 0 Å². The summed E-state index contributed by atoms with van der Waals surface area (Å²) in [5.74, 6) is -3.19. The Bertz CT molecular complexity index is 339. The molecular formula is C8H6F3NO. The van der Waals surface area contributed by atoms with Crippen LogP contribution in [0, 0.1) is 17.5 Å². The Hall–Kier alpha value is -1.52. The Morgan fingerprint density at radius 1 is 1.23 bits per heavy atom. The SMILES string of the molecule is C/C(=N\O)c1c(F)cc(F)cc1F. The van der Waals surface area contributed by atoms with Gasteiger partial charge in [0.15, 0.2) is 0 Å². The summed E-state index contributed by atoms with van der Waals surface area (Å²) in [6.45, 7) is 1.21. The highest BCUT2D eigenvalue weighted by Gasteiger charge is 2.13. The summed E-state index contributed by atoms with van der Waals surface area (Å²) in [4.78, 5) is 0. The third-order valence-corrected chi connectivity index (χ3v) is 1.52. The van der Waals surface area contributed by atoms with Gasteiger partial charge in [0.2, 0.25) is 0 Å². The van der Waals surface area contributed by atoms with Crippen molar-refractivity contribution in [2.45, 2.75) is 6.92 Å². The molecule has 0 fully saturated rings. The average molecular weight is 189 g/mol. The van der Waals surface area contributed by atoms with Crippen LogP contribution in [0.5, 0.6) is 0 Å². The van der Waals surface area contributed by atoms with E-state index in [-0.39, 0.29) is 5.71 Å². The number of rotatable bonds is 1. The summed E-state index contributed by atoms with van der Waals surface area (Å²) in [6, 6.07) is 1.04. The van der Waals surface area contributed by atoms with Crippen LogP contribution in [0.3, 0.4) is 0 Å². The first-order valence-electron chi connectivity index (χ1n) is 3.40. The molecule has 0 aliphatic heterocycles. The molecule has 0 saturated carbocycles. The first-order chi connectivity index (χ1) is 6.06. The van der Waals surface area contributed by atoms with Gasteiger partial charge in [-0.3, -0.25) is 0 Å². The van der Waals surface area contributed by atoms with Crippen molar-refractivity contribution in [3.8, 4) is 0 Å². The zero-order valence-corrected chi connectivity index (χ0v) is 6.68. The van der Waals surface area contributed by atoms with Crippen molar-refractivity contribution in [1.82, 2.24) is 0 Å². The monoisotopic (exact) mass is 189 g/mol. The van der Waals surface area contributed by atoms with E-state index in [2.05, 4.69) is 5.16 Å². The maximum atomic E-state index is 12.9. The second-order valence-corrected chi connectivity index (χ2v) is 2.43. The smallest absolute Gasteiger partial charge is 0.138 e. The second kappa shape index (κ2) is 3.47. The molecule has 5 heteroatoms. The minimum Gasteiger partial charge on any atom is -0.411 e. The Morgan fingerprint density at radius 3 is 2.08 bits per heavy atom. The Balaban J connectivity index is 3.37. The summed E-state index contributed by atoms with van der Waals surface area (Å²) in [5, 5.41) is 10.9. The predicted octanol–water partition coefficient (Wildman–Crippen LogP) is 2.30. The molecule has 1 N–H and O–H groups in total. The number of halogens is 3. The van der Waals surface area contributed by atoms with Gasteiger partial charge in [-0.25, -0.2) is 13.2 Å². The molecular weight excluding hydrogens is 183 g/mol. The normalized spacial score (nSPS) is 11.8. The first kappa shape index (κ1) is 9.57. The van der Waals surface area contributed by atoms with Crippen molar-refractivity contribution >= 4 is 5.71 Å². The molecule has 0 amide bonds. The van der Waals surface area contributed by atoms with Crippen molar-refractivity contribution in [3.63, 3.8) is 0 Å². The van der Waals surface area contributed by atoms with Crippen LogP contribution in [-0.4, -0.2) is 10.9 Å². The molecule has 0 heterocycles. The summed E-state index contributed by atoms with van der Waals surface area (Å²) in [5.41, 5.74) is -0.765. The van der Waals surface area contributed by atoms with Crippen molar-refractivity contribution in [2.75, 3.05) is 0 Å². The minimum atomic E-state index is -1.09. The van der Waals surface area contributed by atoms with E-state index in [1.807, 2.05) is 0 Å². The van der Waals surface area contributed by atoms with E-state index in [0.717, 1.165) is 0 Å². The van der Waals surface area contributed by atoms with Gasteiger partial charge in [-0.2, -0.15) is 0 Å². The summed E-state index contributed by atoms with van der Waals surface area (Å²) in [7, 11) is 0. The summed E-state index contributed by atoms with van der Waals surface area (Å²) >= 11 is 0. The van der Waals surface area contributed by atoms with Crippen molar-refractivity contribution in [3.05, 3.63) is 35.1 Å². The third kappa shape index (κ3) is 1.80. The molecule has 0 saturated heterocycles. The van der Waals surface area contributed by atoms with Crippen LogP contribution in [0.4, 0.5) is 13.2 Å². The van der Waals surface area contributed by atoms with Crippen LogP contribution in [0.2, 0.25) is 0 Å². The lowest BCUT2D eigenvalue weighted by Gasteiger charge is -2.02. The molecule has 1 aromatic carbocycles. The topological polar surface area (TPSA) is 32.6 Å². The van der Waals surface area contributed by atoms with E-state index in [9.17, 15) is 13.2 Å². The lowest BCUT2D eigenvalue weighted by Crippen LogP contribution is -2.03. The van der Waals surface area contributed by atoms with Crippen molar-refractivity contribution in [1.29, 1.82) is 0 Å². The fraction of sp³-hybridized carbons (Fsp3) is 0.125.